The molecule has 0 atom stereocenters. The molecule has 0 radical (unpaired) electrons. The second-order valence-electron chi connectivity index (χ2n) is 3.17. The topological polar surface area (TPSA) is 42.6 Å². The number of benzene rings is 1. The summed E-state index contributed by atoms with van der Waals surface area (Å²) >= 11 is 2.31. The molecule has 0 bridgehead atoms. The number of alkyl halides is 1. The maximum absolute atomic E-state index is 9.46. The summed E-state index contributed by atoms with van der Waals surface area (Å²) in [6.45, 7) is 0.701. The number of hydrogen-bond acceptors (Lipinski definition) is 3. The molecule has 0 saturated heterocycles. The molecule has 0 aliphatic rings. The molecule has 4 heteroatoms. The fourth-order valence-corrected chi connectivity index (χ4v) is 1.64. The van der Waals surface area contributed by atoms with Gasteiger partial charge in [0.25, 0.3) is 0 Å². The van der Waals surface area contributed by atoms with E-state index in [9.17, 15) is 5.11 Å². The van der Waals surface area contributed by atoms with Crippen molar-refractivity contribution < 1.29 is 14.3 Å². The van der Waals surface area contributed by atoms with Crippen LogP contribution < -0.4 is 4.74 Å². The molecule has 1 heterocycles. The van der Waals surface area contributed by atoms with Crippen LogP contribution in [-0.4, -0.2) is 16.1 Å². The zero-order chi connectivity index (χ0) is 10.7. The Balaban J connectivity index is 2.18. The second-order valence-corrected chi connectivity index (χ2v) is 4.25. The van der Waals surface area contributed by atoms with Gasteiger partial charge in [-0.05, 0) is 24.6 Å². The third-order valence-electron chi connectivity index (χ3n) is 2.07. The van der Waals surface area contributed by atoms with Crippen LogP contribution in [0, 0.1) is 0 Å². The molecule has 0 spiro atoms. The first kappa shape index (κ1) is 10.6. The van der Waals surface area contributed by atoms with Gasteiger partial charge in [0.15, 0.2) is 5.75 Å². The molecule has 0 aliphatic carbocycles. The molecular weight excluding hydrogens is 307 g/mol. The maximum Gasteiger partial charge on any atom is 0.161 e. The van der Waals surface area contributed by atoms with Crippen molar-refractivity contribution in [2.75, 3.05) is 11.0 Å². The van der Waals surface area contributed by atoms with Crippen LogP contribution in [0.5, 0.6) is 11.5 Å². The number of hydrogen-bond donors (Lipinski definition) is 1. The number of ether oxygens (including phenoxy) is 1. The van der Waals surface area contributed by atoms with E-state index in [0.717, 1.165) is 16.6 Å². The van der Waals surface area contributed by atoms with Crippen LogP contribution in [0.4, 0.5) is 0 Å². The predicted octanol–water partition coefficient (Wildman–Crippen LogP) is 3.34. The first-order chi connectivity index (χ1) is 7.31. The van der Waals surface area contributed by atoms with E-state index in [1.54, 1.807) is 12.1 Å². The highest BCUT2D eigenvalue weighted by Crippen LogP contribution is 2.29. The number of aromatic hydroxyl groups is 1. The molecule has 0 amide bonds. The molecule has 0 aliphatic heterocycles. The van der Waals surface area contributed by atoms with Crippen molar-refractivity contribution >= 4 is 33.6 Å². The van der Waals surface area contributed by atoms with E-state index in [1.165, 1.54) is 6.26 Å². The molecule has 2 aromatic rings. The monoisotopic (exact) mass is 318 g/mol. The van der Waals surface area contributed by atoms with Crippen molar-refractivity contribution in [3.63, 3.8) is 0 Å². The van der Waals surface area contributed by atoms with E-state index < -0.39 is 0 Å². The number of halogens is 1. The van der Waals surface area contributed by atoms with E-state index in [2.05, 4.69) is 22.6 Å². The molecule has 1 aromatic carbocycles. The Morgan fingerprint density at radius 2 is 2.27 bits per heavy atom. The molecule has 1 aromatic heterocycles. The molecule has 80 valence electrons. The summed E-state index contributed by atoms with van der Waals surface area (Å²) in [4.78, 5) is 0. The maximum atomic E-state index is 9.46. The average Bonchev–Trinajstić information content (AvgIpc) is 2.61. The Labute approximate surface area is 101 Å². The van der Waals surface area contributed by atoms with Gasteiger partial charge in [0, 0.05) is 4.43 Å². The Bertz CT molecular complexity index is 450. The minimum Gasteiger partial charge on any atom is -0.504 e. The predicted molar refractivity (Wildman–Crippen MR) is 66.9 cm³/mol. The number of furan rings is 1. The van der Waals surface area contributed by atoms with E-state index >= 15 is 0 Å². The van der Waals surface area contributed by atoms with Crippen molar-refractivity contribution in [1.29, 1.82) is 0 Å². The Kier molecular flexibility index (Phi) is 3.35. The van der Waals surface area contributed by atoms with Crippen LogP contribution in [0.2, 0.25) is 0 Å². The van der Waals surface area contributed by atoms with Crippen LogP contribution >= 0.6 is 22.6 Å². The van der Waals surface area contributed by atoms with Crippen LogP contribution in [0.1, 0.15) is 6.42 Å². The van der Waals surface area contributed by atoms with Gasteiger partial charge in [0.1, 0.15) is 17.6 Å². The summed E-state index contributed by atoms with van der Waals surface area (Å²) in [6, 6.07) is 5.44. The van der Waals surface area contributed by atoms with E-state index in [-0.39, 0.29) is 5.75 Å². The van der Waals surface area contributed by atoms with E-state index in [1.807, 2.05) is 6.07 Å². The van der Waals surface area contributed by atoms with Gasteiger partial charge in [0.2, 0.25) is 0 Å². The minimum atomic E-state index is 0.157. The van der Waals surface area contributed by atoms with Crippen molar-refractivity contribution in [1.82, 2.24) is 0 Å². The second kappa shape index (κ2) is 4.74. The number of rotatable bonds is 4. The Morgan fingerprint density at radius 1 is 1.40 bits per heavy atom. The highest BCUT2D eigenvalue weighted by molar-refractivity contribution is 14.1. The zero-order valence-electron chi connectivity index (χ0n) is 8.07. The molecule has 3 nitrogen and oxygen atoms in total. The average molecular weight is 318 g/mol. The molecule has 0 fully saturated rings. The zero-order valence-corrected chi connectivity index (χ0v) is 10.2. The summed E-state index contributed by atoms with van der Waals surface area (Å²) in [5.74, 6) is 0.924. The standard InChI is InChI=1S/C11H11IO3/c12-4-1-5-14-8-2-3-11-9(6-8)10(13)7-15-11/h2-3,6-7,13H,1,4-5H2. The first-order valence-electron chi connectivity index (χ1n) is 4.70. The van der Waals surface area contributed by atoms with E-state index in [4.69, 9.17) is 9.15 Å². The van der Waals surface area contributed by atoms with Crippen LogP contribution in [-0.2, 0) is 0 Å². The third kappa shape index (κ3) is 2.37. The van der Waals surface area contributed by atoms with E-state index in [0.29, 0.717) is 17.6 Å². The molecule has 15 heavy (non-hydrogen) atoms. The lowest BCUT2D eigenvalue weighted by Crippen LogP contribution is -1.96. The Hall–Kier alpha value is -0.910. The van der Waals surface area contributed by atoms with Crippen molar-refractivity contribution in [3.05, 3.63) is 24.5 Å². The highest BCUT2D eigenvalue weighted by Gasteiger charge is 2.05. The van der Waals surface area contributed by atoms with Gasteiger partial charge in [-0.1, -0.05) is 22.6 Å². The summed E-state index contributed by atoms with van der Waals surface area (Å²) in [5, 5.41) is 10.2. The summed E-state index contributed by atoms with van der Waals surface area (Å²) < 4.78 is 11.7. The smallest absolute Gasteiger partial charge is 0.161 e. The van der Waals surface area contributed by atoms with Gasteiger partial charge in [0.05, 0.1) is 12.0 Å². The van der Waals surface area contributed by atoms with Gasteiger partial charge < -0.3 is 14.3 Å². The largest absolute Gasteiger partial charge is 0.504 e. The number of fused-ring (bicyclic) bond motifs is 1. The van der Waals surface area contributed by atoms with Crippen molar-refractivity contribution in [2.45, 2.75) is 6.42 Å². The molecule has 1 N–H and O–H groups in total. The summed E-state index contributed by atoms with van der Waals surface area (Å²) in [5.41, 5.74) is 0.675. The van der Waals surface area contributed by atoms with Crippen LogP contribution in [0.25, 0.3) is 11.0 Å². The summed E-state index contributed by atoms with van der Waals surface area (Å²) in [6.07, 6.45) is 2.36. The lowest BCUT2D eigenvalue weighted by atomic mass is 10.2. The fourth-order valence-electron chi connectivity index (χ4n) is 1.33. The van der Waals surface area contributed by atoms with Gasteiger partial charge in [-0.2, -0.15) is 0 Å². The first-order valence-corrected chi connectivity index (χ1v) is 6.23. The quantitative estimate of drug-likeness (QED) is 0.534. The normalized spacial score (nSPS) is 10.7. The van der Waals surface area contributed by atoms with Crippen molar-refractivity contribution in [2.24, 2.45) is 0 Å². The molecule has 2 rings (SSSR count). The summed E-state index contributed by atoms with van der Waals surface area (Å²) in [7, 11) is 0. The fraction of sp³-hybridized carbons (Fsp3) is 0.273. The van der Waals surface area contributed by atoms with Gasteiger partial charge in [-0.3, -0.25) is 0 Å². The lowest BCUT2D eigenvalue weighted by molar-refractivity contribution is 0.320. The minimum absolute atomic E-state index is 0.157. The molecular formula is C11H11IO3. The third-order valence-corrected chi connectivity index (χ3v) is 2.83. The van der Waals surface area contributed by atoms with Crippen LogP contribution in [0.3, 0.4) is 0 Å². The SMILES string of the molecule is Oc1coc2ccc(OCCCI)cc12. The van der Waals surface area contributed by atoms with Crippen LogP contribution in [0.15, 0.2) is 28.9 Å². The highest BCUT2D eigenvalue weighted by atomic mass is 127. The Morgan fingerprint density at radius 3 is 3.07 bits per heavy atom. The van der Waals surface area contributed by atoms with Gasteiger partial charge in [-0.25, -0.2) is 0 Å². The molecule has 0 saturated carbocycles. The van der Waals surface area contributed by atoms with Gasteiger partial charge >= 0.3 is 0 Å². The van der Waals surface area contributed by atoms with Gasteiger partial charge in [-0.15, -0.1) is 0 Å². The molecule has 0 unspecified atom stereocenters. The van der Waals surface area contributed by atoms with Crippen molar-refractivity contribution in [3.8, 4) is 11.5 Å². The lowest BCUT2D eigenvalue weighted by Gasteiger charge is -2.04.